The van der Waals surface area contributed by atoms with Gasteiger partial charge in [-0.05, 0) is 55.8 Å². The van der Waals surface area contributed by atoms with E-state index in [-0.39, 0.29) is 22.9 Å². The highest BCUT2D eigenvalue weighted by Crippen LogP contribution is 2.28. The van der Waals surface area contributed by atoms with Gasteiger partial charge in [-0.2, -0.15) is 17.5 Å². The molecule has 1 N–H and O–H groups in total. The summed E-state index contributed by atoms with van der Waals surface area (Å²) in [7, 11) is -3.64. The minimum atomic E-state index is -4.30. The Morgan fingerprint density at radius 1 is 1.04 bits per heavy atom. The molecule has 0 bridgehead atoms. The number of sulfonamides is 1. The van der Waals surface area contributed by atoms with Crippen LogP contribution >= 0.6 is 12.4 Å². The van der Waals surface area contributed by atoms with Gasteiger partial charge in [0.15, 0.2) is 0 Å². The van der Waals surface area contributed by atoms with Crippen LogP contribution in [-0.2, 0) is 16.4 Å². The van der Waals surface area contributed by atoms with Crippen molar-refractivity contribution >= 4 is 22.4 Å². The monoisotopic (exact) mass is 412 g/mol. The summed E-state index contributed by atoms with van der Waals surface area (Å²) in [5.74, 6) is 0.789. The zero-order valence-corrected chi connectivity index (χ0v) is 16.0. The average Bonchev–Trinajstić information content (AvgIpc) is 3.37. The van der Waals surface area contributed by atoms with Crippen molar-refractivity contribution in [3.05, 3.63) is 29.8 Å². The molecule has 0 atom stereocenters. The van der Waals surface area contributed by atoms with Crippen LogP contribution in [0, 0.1) is 5.92 Å². The fourth-order valence-corrected chi connectivity index (χ4v) is 4.59. The largest absolute Gasteiger partial charge is 0.393 e. The zero-order chi connectivity index (χ0) is 18.1. The van der Waals surface area contributed by atoms with Crippen molar-refractivity contribution in [2.45, 2.75) is 49.2 Å². The zero-order valence-electron chi connectivity index (χ0n) is 14.3. The van der Waals surface area contributed by atoms with Crippen molar-refractivity contribution in [2.75, 3.05) is 19.6 Å². The molecule has 1 aliphatic carbocycles. The predicted octanol–water partition coefficient (Wildman–Crippen LogP) is 3.37. The number of benzene rings is 1. The topological polar surface area (TPSA) is 49.4 Å². The third kappa shape index (κ3) is 5.84. The second kappa shape index (κ2) is 8.46. The van der Waals surface area contributed by atoms with E-state index < -0.39 is 22.6 Å². The van der Waals surface area contributed by atoms with E-state index in [1.54, 1.807) is 0 Å². The standard InChI is InChI=1S/C17H23F3N2O2S.ClH/c18-17(19,20)11-13-3-5-16(6-4-13)25(23,24)22-9-7-15(8-10-22)21-12-14-1-2-14;/h3-6,14-15,21H,1-2,7-12H2;1H. The van der Waals surface area contributed by atoms with Gasteiger partial charge in [0.25, 0.3) is 0 Å². The fourth-order valence-electron chi connectivity index (χ4n) is 3.12. The Morgan fingerprint density at radius 3 is 2.12 bits per heavy atom. The number of hydrogen-bond donors (Lipinski definition) is 1. The normalized spacial score (nSPS) is 20.0. The highest BCUT2D eigenvalue weighted by atomic mass is 35.5. The van der Waals surface area contributed by atoms with E-state index in [0.29, 0.717) is 19.1 Å². The van der Waals surface area contributed by atoms with Gasteiger partial charge >= 0.3 is 6.18 Å². The molecule has 148 valence electrons. The second-order valence-electron chi connectivity index (χ2n) is 6.97. The summed E-state index contributed by atoms with van der Waals surface area (Å²) in [5, 5.41) is 3.50. The molecule has 1 saturated carbocycles. The number of rotatable bonds is 6. The van der Waals surface area contributed by atoms with E-state index in [4.69, 9.17) is 0 Å². The van der Waals surface area contributed by atoms with E-state index >= 15 is 0 Å². The predicted molar refractivity (Wildman–Crippen MR) is 96.0 cm³/mol. The number of hydrogen-bond acceptors (Lipinski definition) is 3. The van der Waals surface area contributed by atoms with Crippen molar-refractivity contribution in [1.82, 2.24) is 9.62 Å². The van der Waals surface area contributed by atoms with Gasteiger partial charge in [0.1, 0.15) is 0 Å². The summed E-state index contributed by atoms with van der Waals surface area (Å²) in [6.07, 6.45) is -1.26. The number of piperidine rings is 1. The Kier molecular flexibility index (Phi) is 6.98. The van der Waals surface area contributed by atoms with Gasteiger partial charge in [0.05, 0.1) is 11.3 Å². The van der Waals surface area contributed by atoms with Gasteiger partial charge in [0.2, 0.25) is 10.0 Å². The smallest absolute Gasteiger partial charge is 0.314 e. The first kappa shape index (κ1) is 21.5. The Labute approximate surface area is 158 Å². The van der Waals surface area contributed by atoms with Crippen LogP contribution in [0.3, 0.4) is 0 Å². The summed E-state index contributed by atoms with van der Waals surface area (Å²) in [5.41, 5.74) is 0.0643. The van der Waals surface area contributed by atoms with Gasteiger partial charge in [-0.1, -0.05) is 12.1 Å². The molecule has 0 amide bonds. The average molecular weight is 413 g/mol. The second-order valence-corrected chi connectivity index (χ2v) is 8.90. The Hall–Kier alpha value is -0.830. The molecule has 1 aliphatic heterocycles. The van der Waals surface area contributed by atoms with Crippen LogP contribution in [0.15, 0.2) is 29.2 Å². The molecule has 4 nitrogen and oxygen atoms in total. The van der Waals surface area contributed by atoms with Crippen molar-refractivity contribution < 1.29 is 21.6 Å². The molecule has 0 unspecified atom stereocenters. The van der Waals surface area contributed by atoms with Gasteiger partial charge in [-0.25, -0.2) is 8.42 Å². The van der Waals surface area contributed by atoms with Crippen molar-refractivity contribution in [1.29, 1.82) is 0 Å². The molecule has 0 radical (unpaired) electrons. The van der Waals surface area contributed by atoms with Crippen molar-refractivity contribution in [3.8, 4) is 0 Å². The fraction of sp³-hybridized carbons (Fsp3) is 0.647. The summed E-state index contributed by atoms with van der Waals surface area (Å²) >= 11 is 0. The maximum atomic E-state index is 12.6. The minimum absolute atomic E-state index is 0. The summed E-state index contributed by atoms with van der Waals surface area (Å²) in [4.78, 5) is 0.0582. The number of nitrogens with zero attached hydrogens (tertiary/aromatic N) is 1. The lowest BCUT2D eigenvalue weighted by atomic mass is 10.1. The van der Waals surface area contributed by atoms with Gasteiger partial charge in [-0.15, -0.1) is 12.4 Å². The van der Waals surface area contributed by atoms with E-state index in [2.05, 4.69) is 5.32 Å². The van der Waals surface area contributed by atoms with Crippen molar-refractivity contribution in [3.63, 3.8) is 0 Å². The lowest BCUT2D eigenvalue weighted by molar-refractivity contribution is -0.127. The van der Waals surface area contributed by atoms with Crippen LogP contribution in [-0.4, -0.2) is 44.6 Å². The molecule has 0 spiro atoms. The minimum Gasteiger partial charge on any atom is -0.314 e. The maximum absolute atomic E-state index is 12.6. The van der Waals surface area contributed by atoms with Gasteiger partial charge in [0, 0.05) is 19.1 Å². The number of alkyl halides is 3. The van der Waals surface area contributed by atoms with Gasteiger partial charge in [-0.3, -0.25) is 0 Å². The molecule has 2 fully saturated rings. The molecular formula is C17H24ClF3N2O2S. The molecule has 9 heteroatoms. The molecule has 1 aromatic carbocycles. The van der Waals surface area contributed by atoms with E-state index in [9.17, 15) is 21.6 Å². The van der Waals surface area contributed by atoms with E-state index in [1.807, 2.05) is 0 Å². The molecule has 0 aromatic heterocycles. The molecule has 26 heavy (non-hydrogen) atoms. The molecule has 3 rings (SSSR count). The first-order chi connectivity index (χ1) is 11.7. The summed E-state index contributed by atoms with van der Waals surface area (Å²) in [6.45, 7) is 1.89. The molecule has 1 heterocycles. The van der Waals surface area contributed by atoms with E-state index in [1.165, 1.54) is 41.4 Å². The van der Waals surface area contributed by atoms with Crippen LogP contribution < -0.4 is 5.32 Å². The lowest BCUT2D eigenvalue weighted by Gasteiger charge is -2.31. The van der Waals surface area contributed by atoms with E-state index in [0.717, 1.165) is 25.3 Å². The van der Waals surface area contributed by atoms with Crippen molar-refractivity contribution in [2.24, 2.45) is 5.92 Å². The molecule has 1 saturated heterocycles. The van der Waals surface area contributed by atoms with Crippen LogP contribution in [0.2, 0.25) is 0 Å². The van der Waals surface area contributed by atoms with Gasteiger partial charge < -0.3 is 5.32 Å². The quantitative estimate of drug-likeness (QED) is 0.779. The first-order valence-electron chi connectivity index (χ1n) is 8.63. The summed E-state index contributed by atoms with van der Waals surface area (Å²) < 4.78 is 63.9. The number of nitrogens with one attached hydrogen (secondary N) is 1. The number of halogens is 4. The molecule has 1 aromatic rings. The third-order valence-corrected chi connectivity index (χ3v) is 6.72. The Morgan fingerprint density at radius 2 is 1.62 bits per heavy atom. The maximum Gasteiger partial charge on any atom is 0.393 e. The summed E-state index contributed by atoms with van der Waals surface area (Å²) in [6, 6.07) is 5.37. The van der Waals surface area contributed by atoms with Crippen LogP contribution in [0.4, 0.5) is 13.2 Å². The SMILES string of the molecule is Cl.O=S(=O)(c1ccc(CC(F)(F)F)cc1)N1CCC(NCC2CC2)CC1. The Bertz CT molecular complexity index is 683. The highest BCUT2D eigenvalue weighted by molar-refractivity contribution is 7.89. The molecular weight excluding hydrogens is 389 g/mol. The highest BCUT2D eigenvalue weighted by Gasteiger charge is 2.31. The van der Waals surface area contributed by atoms with Crippen LogP contribution in [0.5, 0.6) is 0 Å². The third-order valence-electron chi connectivity index (χ3n) is 4.81. The van der Waals surface area contributed by atoms with Crippen LogP contribution in [0.25, 0.3) is 0 Å². The first-order valence-corrected chi connectivity index (χ1v) is 10.1. The lowest BCUT2D eigenvalue weighted by Crippen LogP contribution is -2.45. The molecule has 2 aliphatic rings. The van der Waals surface area contributed by atoms with Crippen LogP contribution in [0.1, 0.15) is 31.2 Å². The Balaban J connectivity index is 0.00000243.